The summed E-state index contributed by atoms with van der Waals surface area (Å²) < 4.78 is 54.1. The van der Waals surface area contributed by atoms with E-state index in [1.54, 1.807) is 15.6 Å². The van der Waals surface area contributed by atoms with Gasteiger partial charge in [0, 0.05) is 47.9 Å². The van der Waals surface area contributed by atoms with E-state index in [1.165, 1.54) is 30.9 Å². The zero-order valence-electron chi connectivity index (χ0n) is 25.1. The van der Waals surface area contributed by atoms with E-state index < -0.39 is 53.2 Å². The van der Waals surface area contributed by atoms with Crippen molar-refractivity contribution >= 4 is 23.8 Å². The molecule has 1 spiro atoms. The van der Waals surface area contributed by atoms with E-state index in [0.29, 0.717) is 18.5 Å². The fourth-order valence-electron chi connectivity index (χ4n) is 8.14. The molecule has 1 amide bonds. The van der Waals surface area contributed by atoms with Crippen molar-refractivity contribution in [2.75, 3.05) is 18.7 Å². The van der Waals surface area contributed by atoms with Gasteiger partial charge in [-0.1, -0.05) is 24.3 Å². The van der Waals surface area contributed by atoms with Gasteiger partial charge in [0.25, 0.3) is 5.91 Å². The van der Waals surface area contributed by atoms with Crippen molar-refractivity contribution in [3.8, 4) is 5.75 Å². The first-order valence-electron chi connectivity index (χ1n) is 15.3. The lowest BCUT2D eigenvalue weighted by atomic mass is 9.71. The number of fused-ring (bicyclic) bond motifs is 6. The number of amides is 1. The van der Waals surface area contributed by atoms with Crippen LogP contribution in [0.5, 0.6) is 5.75 Å². The minimum Gasteiger partial charge on any atom is -0.448 e. The van der Waals surface area contributed by atoms with Gasteiger partial charge in [0.15, 0.2) is 17.3 Å². The van der Waals surface area contributed by atoms with Crippen molar-refractivity contribution in [1.29, 1.82) is 0 Å². The molecule has 240 valence electrons. The Bertz CT molecular complexity index is 1840. The minimum absolute atomic E-state index is 0.0531. The third kappa shape index (κ3) is 4.27. The summed E-state index contributed by atoms with van der Waals surface area (Å²) in [6.45, 7) is 1.77. The van der Waals surface area contributed by atoms with Gasteiger partial charge in [-0.05, 0) is 48.9 Å². The van der Waals surface area contributed by atoms with Crippen LogP contribution in [0.15, 0.2) is 58.4 Å². The molecule has 2 unspecified atom stereocenters. The van der Waals surface area contributed by atoms with Crippen LogP contribution in [-0.2, 0) is 20.0 Å². The maximum Gasteiger partial charge on any atom is 0.511 e. The lowest BCUT2D eigenvalue weighted by molar-refractivity contribution is -0.0763. The predicted octanol–water partition coefficient (Wildman–Crippen LogP) is 5.09. The van der Waals surface area contributed by atoms with Gasteiger partial charge in [-0.25, -0.2) is 13.6 Å². The Labute approximate surface area is 267 Å². The molecule has 3 saturated heterocycles. The number of hydrogen-bond acceptors (Lipinski definition) is 9. The van der Waals surface area contributed by atoms with Gasteiger partial charge in [0.05, 0.1) is 24.9 Å². The van der Waals surface area contributed by atoms with Crippen molar-refractivity contribution in [2.45, 2.75) is 73.5 Å². The molecule has 2 aromatic carbocycles. The molecule has 8 rings (SSSR count). The molecule has 5 aliphatic rings. The van der Waals surface area contributed by atoms with Crippen LogP contribution in [-0.4, -0.2) is 59.5 Å². The monoisotopic (exact) mass is 651 g/mol. The summed E-state index contributed by atoms with van der Waals surface area (Å²) in [5, 5.41) is 2.02. The number of thioether (sulfide) groups is 1. The topological polar surface area (TPSA) is 99.5 Å². The van der Waals surface area contributed by atoms with Crippen molar-refractivity contribution < 1.29 is 37.3 Å². The van der Waals surface area contributed by atoms with Gasteiger partial charge in [-0.3, -0.25) is 19.3 Å². The third-order valence-corrected chi connectivity index (χ3v) is 11.2. The molecule has 3 aromatic rings. The number of carbonyl (C=O) groups is 2. The summed E-state index contributed by atoms with van der Waals surface area (Å²) in [6, 6.07) is 11.1. The molecule has 5 aliphatic heterocycles. The van der Waals surface area contributed by atoms with E-state index in [0.717, 1.165) is 42.9 Å². The van der Waals surface area contributed by atoms with Crippen LogP contribution in [0.2, 0.25) is 0 Å². The zero-order valence-corrected chi connectivity index (χ0v) is 25.9. The Morgan fingerprint density at radius 3 is 2.74 bits per heavy atom. The van der Waals surface area contributed by atoms with E-state index in [2.05, 4.69) is 4.74 Å². The Morgan fingerprint density at radius 2 is 1.93 bits per heavy atom. The highest BCUT2D eigenvalue weighted by molar-refractivity contribution is 7.98. The number of hydrogen-bond donors (Lipinski definition) is 0. The molecule has 10 nitrogen and oxygen atoms in total. The first-order valence-corrected chi connectivity index (χ1v) is 16.3. The second-order valence-corrected chi connectivity index (χ2v) is 13.4. The Balaban J connectivity index is 1.38. The minimum atomic E-state index is -1.26. The number of piperidine rings is 1. The lowest BCUT2D eigenvalue weighted by Gasteiger charge is -2.57. The van der Waals surface area contributed by atoms with Crippen molar-refractivity contribution in [3.05, 3.63) is 92.9 Å². The average Bonchev–Trinajstić information content (AvgIpc) is 3.58. The van der Waals surface area contributed by atoms with Gasteiger partial charge >= 0.3 is 6.16 Å². The van der Waals surface area contributed by atoms with Crippen LogP contribution in [0, 0.1) is 17.6 Å². The Morgan fingerprint density at radius 1 is 1.11 bits per heavy atom. The van der Waals surface area contributed by atoms with E-state index in [4.69, 9.17) is 14.2 Å². The molecule has 0 radical (unpaired) electrons. The highest BCUT2D eigenvalue weighted by atomic mass is 32.2. The second-order valence-electron chi connectivity index (χ2n) is 12.3. The highest BCUT2D eigenvalue weighted by Gasteiger charge is 2.63. The third-order valence-electron chi connectivity index (χ3n) is 10.0. The molecule has 2 bridgehead atoms. The highest BCUT2D eigenvalue weighted by Crippen LogP contribution is 2.57. The molecular weight excluding hydrogens is 620 g/mol. The van der Waals surface area contributed by atoms with Crippen LogP contribution in [0.1, 0.15) is 65.8 Å². The van der Waals surface area contributed by atoms with E-state index in [9.17, 15) is 18.8 Å². The van der Waals surface area contributed by atoms with Gasteiger partial charge < -0.3 is 23.8 Å². The number of nitrogens with zero attached hydrogens (tertiary/aromatic N) is 3. The first-order chi connectivity index (χ1) is 22.2. The number of methoxy groups -OCH3 is 1. The molecule has 0 saturated carbocycles. The number of benzene rings is 2. The summed E-state index contributed by atoms with van der Waals surface area (Å²) in [6.07, 6.45) is 1.98. The summed E-state index contributed by atoms with van der Waals surface area (Å²) in [7, 11) is 1.15. The smallest absolute Gasteiger partial charge is 0.448 e. The lowest BCUT2D eigenvalue weighted by Crippen LogP contribution is -2.70. The van der Waals surface area contributed by atoms with Crippen LogP contribution in [0.25, 0.3) is 0 Å². The maximum atomic E-state index is 15.6. The van der Waals surface area contributed by atoms with Gasteiger partial charge in [-0.2, -0.15) is 0 Å². The fraction of sp³-hybridized carbons (Fsp3) is 0.424. The fourth-order valence-corrected chi connectivity index (χ4v) is 9.25. The van der Waals surface area contributed by atoms with E-state index in [1.807, 2.05) is 29.3 Å². The summed E-state index contributed by atoms with van der Waals surface area (Å²) in [4.78, 5) is 42.4. The standard InChI is InChI=1S/C33H31F2N3O7S/c1-17(44-32(41)42-2)43-29-24(39)10-13-37-28(29)31(40)36-14-12-33-11-9-18(45-33)15-22(33)30(36)38(37)27-19-7-8-23(34)26(35)21(19)16-46-25-6-4-3-5-20(25)27/h3-8,10,13,17-18,22,27,30H,9,11-12,14-16H2,1-2H3/t17?,18-,22+,27?,30+,33-/m0/s1. The number of carbonyl (C=O) groups excluding carboxylic acids is 2. The molecule has 1 aromatic heterocycles. The van der Waals surface area contributed by atoms with Gasteiger partial charge in [-0.15, -0.1) is 11.8 Å². The zero-order chi connectivity index (χ0) is 31.9. The molecule has 6 heterocycles. The van der Waals surface area contributed by atoms with E-state index >= 15 is 4.39 Å². The van der Waals surface area contributed by atoms with Crippen LogP contribution in [0.3, 0.4) is 0 Å². The number of pyridine rings is 1. The quantitative estimate of drug-likeness (QED) is 0.282. The van der Waals surface area contributed by atoms with E-state index in [-0.39, 0.29) is 34.8 Å². The average molecular weight is 652 g/mol. The maximum absolute atomic E-state index is 15.6. The molecule has 3 fully saturated rings. The van der Waals surface area contributed by atoms with Crippen molar-refractivity contribution in [3.63, 3.8) is 0 Å². The largest absolute Gasteiger partial charge is 0.511 e. The molecule has 46 heavy (non-hydrogen) atoms. The molecule has 0 aliphatic carbocycles. The molecule has 6 atom stereocenters. The summed E-state index contributed by atoms with van der Waals surface area (Å²) in [5.74, 6) is -2.43. The number of aromatic nitrogens is 1. The van der Waals surface area contributed by atoms with Crippen LogP contribution >= 0.6 is 11.8 Å². The predicted molar refractivity (Wildman–Crippen MR) is 161 cm³/mol. The van der Waals surface area contributed by atoms with Gasteiger partial charge in [0.1, 0.15) is 6.17 Å². The van der Waals surface area contributed by atoms with Gasteiger partial charge in [0.2, 0.25) is 17.5 Å². The normalized spacial score (nSPS) is 27.9. The molecule has 13 heteroatoms. The molecule has 0 N–H and O–H groups in total. The SMILES string of the molecule is COC(=O)OC(C)Oc1c2n(ccc1=O)N(C1c3ccccc3SCc3c1ccc(F)c3F)[C@@H]1[C@H]3C[C@@H]4CC[C@@]3(CCN1C2=O)O4. The number of ether oxygens (including phenoxy) is 4. The number of halogens is 2. The first kappa shape index (κ1) is 29.3. The Kier molecular flexibility index (Phi) is 6.84. The Hall–Kier alpha value is -4.10. The second kappa shape index (κ2) is 10.7. The number of rotatable bonds is 4. The van der Waals surface area contributed by atoms with Crippen molar-refractivity contribution in [1.82, 2.24) is 9.58 Å². The summed E-state index contributed by atoms with van der Waals surface area (Å²) in [5.41, 5.74) is 0.596. The van der Waals surface area contributed by atoms with Crippen LogP contribution in [0.4, 0.5) is 13.6 Å². The summed E-state index contributed by atoms with van der Waals surface area (Å²) >= 11 is 1.42. The van der Waals surface area contributed by atoms with Crippen molar-refractivity contribution in [2.24, 2.45) is 5.92 Å². The molecular formula is C33H31F2N3O7S. The van der Waals surface area contributed by atoms with Crippen LogP contribution < -0.4 is 15.2 Å².